The molecule has 0 spiro atoms. The molecule has 0 saturated heterocycles. The molecule has 3 heteroatoms. The predicted octanol–water partition coefficient (Wildman–Crippen LogP) is 9.20. The normalized spacial score (nSPS) is 14.0. The summed E-state index contributed by atoms with van der Waals surface area (Å²) in [6.07, 6.45) is 27.4. The summed E-state index contributed by atoms with van der Waals surface area (Å²) in [6.45, 7) is 14.5. The first-order valence-electron chi connectivity index (χ1n) is 12.7. The van der Waals surface area contributed by atoms with Crippen molar-refractivity contribution in [2.24, 2.45) is 0 Å². The van der Waals surface area contributed by atoms with Crippen LogP contribution in [0.1, 0.15) is 119 Å². The molecule has 27 heavy (non-hydrogen) atoms. The number of hydrogen-bond acceptors (Lipinski definition) is 0. The molecule has 0 amide bonds. The van der Waals surface area contributed by atoms with E-state index < -0.39 is 12.1 Å². The van der Waals surface area contributed by atoms with Crippen molar-refractivity contribution in [2.45, 2.75) is 119 Å². The van der Waals surface area contributed by atoms with Gasteiger partial charge in [-0.25, -0.2) is 0 Å². The molecule has 0 aliphatic carbocycles. The average Bonchev–Trinajstić information content (AvgIpc) is 2.70. The second-order valence-corrected chi connectivity index (χ2v) is 25.4. The number of unbranched alkanes of at least 4 members (excludes halogenated alkanes) is 6. The van der Waals surface area contributed by atoms with Crippen molar-refractivity contribution >= 4 is 12.1 Å². The molecule has 0 fully saturated rings. The summed E-state index contributed by atoms with van der Waals surface area (Å²) in [7, 11) is 0. The molecule has 172 valence electrons. The van der Waals surface area contributed by atoms with Crippen LogP contribution in [0.25, 0.3) is 0 Å². The molecule has 0 saturated carbocycles. The van der Waals surface area contributed by atoms with E-state index in [2.05, 4.69) is 55.1 Å². The molecule has 0 aliphatic rings. The van der Waals surface area contributed by atoms with E-state index in [-0.39, 0.29) is 0 Å². The van der Waals surface area contributed by atoms with Crippen molar-refractivity contribution in [3.63, 3.8) is 0 Å². The van der Waals surface area contributed by atoms with E-state index in [0.717, 1.165) is 0 Å². The summed E-state index contributed by atoms with van der Waals surface area (Å²) in [6, 6.07) is -2.29. The summed E-state index contributed by atoms with van der Waals surface area (Å²) in [4.78, 5) is 0. The number of hydrogen-bond donors (Lipinski definition) is 0. The van der Waals surface area contributed by atoms with Gasteiger partial charge in [-0.15, -0.1) is 0 Å². The molecule has 0 nitrogen and oxygen atoms in total. The minimum atomic E-state index is -1.14. The summed E-state index contributed by atoms with van der Waals surface area (Å²) in [5.41, 5.74) is 0. The Morgan fingerprint density at radius 1 is 0.370 bits per heavy atom. The van der Waals surface area contributed by atoms with Crippen molar-refractivity contribution in [3.05, 3.63) is 0 Å². The van der Waals surface area contributed by atoms with Crippen LogP contribution < -0.4 is 0 Å². The quantitative estimate of drug-likeness (QED) is 0.124. The monoisotopic (exact) mass is 464 g/mol. The van der Waals surface area contributed by atoms with E-state index in [9.17, 15) is 0 Å². The maximum absolute atomic E-state index is 2.56. The summed E-state index contributed by atoms with van der Waals surface area (Å²) in [5.74, 6) is 0. The van der Waals surface area contributed by atoms with Crippen molar-refractivity contribution in [1.29, 1.82) is 0 Å². The van der Waals surface area contributed by atoms with Crippen LogP contribution in [0.3, 0.4) is 0 Å². The van der Waals surface area contributed by atoms with E-state index in [1.807, 2.05) is 0 Å². The first-order valence-corrected chi connectivity index (χ1v) is 20.5. The Hall–Kier alpha value is 1.35. The topological polar surface area (TPSA) is 0 Å². The molecule has 0 aromatic rings. The van der Waals surface area contributed by atoms with Crippen LogP contribution in [0.2, 0.25) is 0 Å². The molecule has 0 heterocycles. The summed E-state index contributed by atoms with van der Waals surface area (Å²) >= 11 is 2.56. The van der Waals surface area contributed by atoms with E-state index in [1.165, 1.54) is 77.0 Å². The van der Waals surface area contributed by atoms with Gasteiger partial charge in [0, 0.05) is 0 Å². The second kappa shape index (κ2) is 18.1. The van der Waals surface area contributed by atoms with E-state index >= 15 is 0 Å². The summed E-state index contributed by atoms with van der Waals surface area (Å²) < 4.78 is 0. The van der Waals surface area contributed by atoms with Gasteiger partial charge in [-0.1, -0.05) is 0 Å². The van der Waals surface area contributed by atoms with Crippen LogP contribution in [0.5, 0.6) is 0 Å². The van der Waals surface area contributed by atoms with Crippen LogP contribution in [0.4, 0.5) is 0 Å². The Morgan fingerprint density at radius 2 is 0.556 bits per heavy atom. The van der Waals surface area contributed by atoms with Crippen LogP contribution in [-0.2, 0) is 13.6 Å². The Labute approximate surface area is 180 Å². The molecule has 0 aromatic carbocycles. The van der Waals surface area contributed by atoms with Gasteiger partial charge in [0.15, 0.2) is 0 Å². The third-order valence-electron chi connectivity index (χ3n) is 6.11. The Balaban J connectivity index is 5.66. The third-order valence-corrected chi connectivity index (χ3v) is 30.0. The molecule has 0 aromatic heterocycles. The fraction of sp³-hybridized carbons (Fsp3) is 1.00. The molecule has 0 atom stereocenters. The number of rotatable bonds is 20. The van der Waals surface area contributed by atoms with E-state index in [4.69, 9.17) is 0 Å². The Kier molecular flexibility index (Phi) is 19.1. The first kappa shape index (κ1) is 28.4. The van der Waals surface area contributed by atoms with Gasteiger partial charge in [-0.05, 0) is 0 Å². The van der Waals surface area contributed by atoms with Gasteiger partial charge in [-0.2, -0.15) is 0 Å². The average molecular weight is 465 g/mol. The van der Waals surface area contributed by atoms with Crippen molar-refractivity contribution < 1.29 is 13.6 Å². The fourth-order valence-corrected chi connectivity index (χ4v) is 36.1. The van der Waals surface area contributed by atoms with Gasteiger partial charge >= 0.3 is 181 Å². The van der Waals surface area contributed by atoms with Crippen LogP contribution in [-0.4, -0.2) is 37.0 Å². The standard InChI is InChI=1S/2C12H27P.Ni/c2*1-4-7-10-13(11-8-5-2)12-9-6-3;/h2*4-12H2,1-3H3;/q;;-2/p+2. The molecule has 0 radical (unpaired) electrons. The molecular formula is C24H56NiP2. The summed E-state index contributed by atoms with van der Waals surface area (Å²) in [5, 5.41) is 0. The second-order valence-electron chi connectivity index (χ2n) is 8.87. The van der Waals surface area contributed by atoms with Crippen molar-refractivity contribution in [3.8, 4) is 0 Å². The van der Waals surface area contributed by atoms with E-state index in [0.29, 0.717) is 0 Å². The molecule has 0 bridgehead atoms. The van der Waals surface area contributed by atoms with Gasteiger partial charge in [0.2, 0.25) is 0 Å². The molecule has 0 aliphatic heterocycles. The molecule has 0 unspecified atom stereocenters. The van der Waals surface area contributed by atoms with Gasteiger partial charge < -0.3 is 0 Å². The van der Waals surface area contributed by atoms with Crippen LogP contribution in [0, 0.1) is 0 Å². The van der Waals surface area contributed by atoms with Gasteiger partial charge in [0.25, 0.3) is 0 Å². The molecule has 0 rings (SSSR count). The zero-order valence-corrected chi connectivity index (χ0v) is 23.0. The molecule has 0 N–H and O–H groups in total. The third kappa shape index (κ3) is 12.6. The first-order chi connectivity index (χ1) is 13.1. The zero-order valence-electron chi connectivity index (χ0n) is 20.0. The zero-order chi connectivity index (χ0) is 20.4. The van der Waals surface area contributed by atoms with Crippen molar-refractivity contribution in [2.75, 3.05) is 37.0 Å². The maximum atomic E-state index is 2.56. The minimum absolute atomic E-state index is 1.14. The SMILES string of the molecule is CCCC[PH](CCCC)(CCCC)[Ni][PH](CCCC)(CCCC)CCCC. The van der Waals surface area contributed by atoms with Gasteiger partial charge in [-0.3, -0.25) is 0 Å². The van der Waals surface area contributed by atoms with Crippen LogP contribution in [0.15, 0.2) is 0 Å². The Morgan fingerprint density at radius 3 is 0.704 bits per heavy atom. The fourth-order valence-electron chi connectivity index (χ4n) is 4.24. The van der Waals surface area contributed by atoms with Gasteiger partial charge in [0.05, 0.1) is 0 Å². The molecular weight excluding hydrogens is 409 g/mol. The van der Waals surface area contributed by atoms with Gasteiger partial charge in [0.1, 0.15) is 0 Å². The predicted molar refractivity (Wildman–Crippen MR) is 135 cm³/mol. The Bertz CT molecular complexity index is 246. The van der Waals surface area contributed by atoms with Crippen LogP contribution >= 0.6 is 12.1 Å². The van der Waals surface area contributed by atoms with Crippen molar-refractivity contribution in [1.82, 2.24) is 0 Å². The van der Waals surface area contributed by atoms with E-state index in [1.54, 1.807) is 37.0 Å².